The van der Waals surface area contributed by atoms with Gasteiger partial charge in [-0.3, -0.25) is 4.99 Å². The normalized spacial score (nSPS) is 30.8. The molecule has 0 spiro atoms. The van der Waals surface area contributed by atoms with Crippen LogP contribution in [0.2, 0.25) is 0 Å². The van der Waals surface area contributed by atoms with E-state index in [0.29, 0.717) is 23.6 Å². The van der Waals surface area contributed by atoms with Gasteiger partial charge in [0.05, 0.1) is 12.6 Å². The Kier molecular flexibility index (Phi) is 5.06. The van der Waals surface area contributed by atoms with Crippen LogP contribution in [0.5, 0.6) is 5.75 Å². The van der Waals surface area contributed by atoms with Crippen molar-refractivity contribution in [1.82, 2.24) is 0 Å². The maximum atomic E-state index is 10.6. The van der Waals surface area contributed by atoms with E-state index in [1.165, 1.54) is 31.2 Å². The Labute approximate surface area is 196 Å². The van der Waals surface area contributed by atoms with E-state index in [2.05, 4.69) is 37.3 Å². The lowest BCUT2D eigenvalue weighted by Gasteiger charge is -2.50. The van der Waals surface area contributed by atoms with Crippen LogP contribution in [0.3, 0.4) is 0 Å². The van der Waals surface area contributed by atoms with Crippen molar-refractivity contribution < 1.29 is 10.2 Å². The Balaban J connectivity index is 1.25. The van der Waals surface area contributed by atoms with Crippen LogP contribution in [0.4, 0.5) is 0 Å². The third kappa shape index (κ3) is 3.40. The molecule has 33 heavy (non-hydrogen) atoms. The van der Waals surface area contributed by atoms with Crippen LogP contribution in [-0.4, -0.2) is 22.5 Å². The summed E-state index contributed by atoms with van der Waals surface area (Å²) in [4.78, 5) is 5.11. The minimum atomic E-state index is 0.133. The molecule has 2 fully saturated rings. The van der Waals surface area contributed by atoms with Gasteiger partial charge in [-0.15, -0.1) is 0 Å². The summed E-state index contributed by atoms with van der Waals surface area (Å²) in [6.07, 6.45) is 9.17. The Morgan fingerprint density at radius 2 is 1.82 bits per heavy atom. The van der Waals surface area contributed by atoms with Crippen LogP contribution >= 0.6 is 0 Å². The second-order valence-electron chi connectivity index (χ2n) is 10.8. The second-order valence-corrected chi connectivity index (χ2v) is 10.8. The zero-order valence-corrected chi connectivity index (χ0v) is 19.4. The summed E-state index contributed by atoms with van der Waals surface area (Å²) >= 11 is 0. The predicted molar refractivity (Wildman–Crippen MR) is 134 cm³/mol. The highest BCUT2D eigenvalue weighted by molar-refractivity contribution is 5.93. The molecule has 3 aliphatic carbocycles. The number of benzene rings is 3. The molecule has 3 aromatic carbocycles. The number of aryl methyl sites for hydroxylation is 1. The molecule has 0 aliphatic heterocycles. The van der Waals surface area contributed by atoms with Crippen LogP contribution in [0.25, 0.3) is 10.8 Å². The minimum absolute atomic E-state index is 0.133. The molecule has 5 atom stereocenters. The average molecular weight is 440 g/mol. The third-order valence-corrected chi connectivity index (χ3v) is 9.21. The topological polar surface area (TPSA) is 52.8 Å². The summed E-state index contributed by atoms with van der Waals surface area (Å²) in [5.41, 5.74) is 5.11. The summed E-state index contributed by atoms with van der Waals surface area (Å²) in [6.45, 7) is 2.61. The molecule has 0 amide bonds. The molecule has 2 saturated carbocycles. The number of hydrogen-bond donors (Lipinski definition) is 2. The molecular formula is C30H33NO2. The van der Waals surface area contributed by atoms with Gasteiger partial charge in [-0.1, -0.05) is 49.4 Å². The van der Waals surface area contributed by atoms with Gasteiger partial charge < -0.3 is 10.2 Å². The number of fused-ring (bicyclic) bond motifs is 6. The number of aliphatic hydroxyl groups excluding tert-OH is 1. The van der Waals surface area contributed by atoms with Crippen LogP contribution in [0.15, 0.2) is 59.6 Å². The van der Waals surface area contributed by atoms with E-state index in [4.69, 9.17) is 4.99 Å². The van der Waals surface area contributed by atoms with Gasteiger partial charge in [0.1, 0.15) is 5.75 Å². The van der Waals surface area contributed by atoms with Crippen molar-refractivity contribution in [1.29, 1.82) is 0 Å². The molecule has 3 aromatic rings. The van der Waals surface area contributed by atoms with E-state index < -0.39 is 0 Å². The number of aliphatic imine (C=N–C) groups is 1. The maximum absolute atomic E-state index is 10.6. The standard InChI is InChI=1S/C30H33NO2/c1-30-13-12-25-24-8-6-19(18-32)14-22(24)7-9-26(25)27(30)10-11-29(30)31-17-23-15-20-4-2-3-5-21(20)16-28(23)33/h2-6,8,14-17,25-27,29,32-33H,7,9-13,18H2,1H3/t25?,26?,27?,29-,30-/m0/s1. The largest absolute Gasteiger partial charge is 0.507 e. The number of nitrogens with zero attached hydrogens (tertiary/aromatic N) is 1. The van der Waals surface area contributed by atoms with Gasteiger partial charge in [-0.2, -0.15) is 0 Å². The molecular weight excluding hydrogens is 406 g/mol. The van der Waals surface area contributed by atoms with Crippen molar-refractivity contribution in [3.63, 3.8) is 0 Å². The van der Waals surface area contributed by atoms with E-state index in [0.717, 1.165) is 40.7 Å². The number of rotatable bonds is 3. The van der Waals surface area contributed by atoms with Crippen LogP contribution in [0.1, 0.15) is 67.2 Å². The van der Waals surface area contributed by atoms with E-state index in [1.54, 1.807) is 5.56 Å². The average Bonchev–Trinajstić information content (AvgIpc) is 3.18. The first kappa shape index (κ1) is 20.9. The molecule has 3 unspecified atom stereocenters. The number of aromatic hydroxyl groups is 1. The lowest BCUT2D eigenvalue weighted by molar-refractivity contribution is 0.0502. The van der Waals surface area contributed by atoms with E-state index >= 15 is 0 Å². The van der Waals surface area contributed by atoms with Crippen LogP contribution < -0.4 is 0 Å². The number of phenolic OH excluding ortho intramolecular Hbond substituents is 1. The van der Waals surface area contributed by atoms with Gasteiger partial charge in [-0.05, 0) is 101 Å². The quantitative estimate of drug-likeness (QED) is 0.465. The molecule has 6 rings (SSSR count). The monoisotopic (exact) mass is 439 g/mol. The molecule has 0 radical (unpaired) electrons. The smallest absolute Gasteiger partial charge is 0.124 e. The van der Waals surface area contributed by atoms with E-state index in [1.807, 2.05) is 30.5 Å². The Morgan fingerprint density at radius 1 is 1.00 bits per heavy atom. The zero-order chi connectivity index (χ0) is 22.6. The lowest BCUT2D eigenvalue weighted by Crippen LogP contribution is -2.43. The third-order valence-electron chi connectivity index (χ3n) is 9.21. The van der Waals surface area contributed by atoms with Crippen molar-refractivity contribution in [2.75, 3.05) is 0 Å². The van der Waals surface area contributed by atoms with Gasteiger partial charge in [0.2, 0.25) is 0 Å². The second kappa shape index (κ2) is 7.99. The van der Waals surface area contributed by atoms with Gasteiger partial charge in [0, 0.05) is 11.8 Å². The molecule has 0 saturated heterocycles. The molecule has 0 bridgehead atoms. The summed E-state index contributed by atoms with van der Waals surface area (Å²) in [7, 11) is 0. The fourth-order valence-electron chi connectivity index (χ4n) is 7.47. The molecule has 2 N–H and O–H groups in total. The van der Waals surface area contributed by atoms with Gasteiger partial charge in [-0.25, -0.2) is 0 Å². The fraction of sp³-hybridized carbons (Fsp3) is 0.433. The Hall–Kier alpha value is -2.65. The van der Waals surface area contributed by atoms with Crippen LogP contribution in [-0.2, 0) is 13.0 Å². The highest BCUT2D eigenvalue weighted by Crippen LogP contribution is 2.61. The molecule has 170 valence electrons. The highest BCUT2D eigenvalue weighted by atomic mass is 16.3. The van der Waals surface area contributed by atoms with Gasteiger partial charge in [0.15, 0.2) is 0 Å². The number of phenols is 1. The zero-order valence-electron chi connectivity index (χ0n) is 19.4. The van der Waals surface area contributed by atoms with Crippen molar-refractivity contribution in [2.45, 2.75) is 64.0 Å². The molecule has 0 heterocycles. The number of aliphatic hydroxyl groups is 1. The van der Waals surface area contributed by atoms with Crippen molar-refractivity contribution >= 4 is 17.0 Å². The summed E-state index contributed by atoms with van der Waals surface area (Å²) in [5, 5.41) is 22.3. The Morgan fingerprint density at radius 3 is 2.64 bits per heavy atom. The summed E-state index contributed by atoms with van der Waals surface area (Å²) in [6, 6.07) is 19.0. The summed E-state index contributed by atoms with van der Waals surface area (Å²) < 4.78 is 0. The first-order valence-electron chi connectivity index (χ1n) is 12.5. The fourth-order valence-corrected chi connectivity index (χ4v) is 7.47. The van der Waals surface area contributed by atoms with Crippen molar-refractivity contribution in [3.05, 3.63) is 76.9 Å². The van der Waals surface area contributed by atoms with Crippen molar-refractivity contribution in [3.8, 4) is 5.75 Å². The lowest BCUT2D eigenvalue weighted by atomic mass is 9.55. The highest BCUT2D eigenvalue weighted by Gasteiger charge is 2.54. The molecule has 3 heteroatoms. The van der Waals surface area contributed by atoms with Gasteiger partial charge in [0.25, 0.3) is 0 Å². The Bertz CT molecular complexity index is 1230. The summed E-state index contributed by atoms with van der Waals surface area (Å²) in [5.74, 6) is 2.43. The minimum Gasteiger partial charge on any atom is -0.507 e. The first-order valence-corrected chi connectivity index (χ1v) is 12.5. The first-order chi connectivity index (χ1) is 16.1. The van der Waals surface area contributed by atoms with E-state index in [-0.39, 0.29) is 12.0 Å². The van der Waals surface area contributed by atoms with Crippen molar-refractivity contribution in [2.24, 2.45) is 22.2 Å². The molecule has 3 nitrogen and oxygen atoms in total. The van der Waals surface area contributed by atoms with Gasteiger partial charge >= 0.3 is 0 Å². The van der Waals surface area contributed by atoms with E-state index in [9.17, 15) is 10.2 Å². The molecule has 3 aliphatic rings. The number of hydrogen-bond acceptors (Lipinski definition) is 3. The maximum Gasteiger partial charge on any atom is 0.124 e. The molecule has 0 aromatic heterocycles. The predicted octanol–water partition coefficient (Wildman–Crippen LogP) is 6.38. The SMILES string of the molecule is C[C@]12CCC3c4ccc(CO)cc4CCC3C1CC[C@@H]2N=Cc1cc2ccccc2cc1O. The van der Waals surface area contributed by atoms with Crippen LogP contribution in [0, 0.1) is 17.3 Å².